The maximum atomic E-state index is 5.85. The van der Waals surface area contributed by atoms with Crippen molar-refractivity contribution in [3.05, 3.63) is 65.7 Å². The molecule has 32 heavy (non-hydrogen) atoms. The van der Waals surface area contributed by atoms with Gasteiger partial charge in [-0.2, -0.15) is 0 Å². The van der Waals surface area contributed by atoms with Crippen molar-refractivity contribution in [3.8, 4) is 5.75 Å². The Kier molecular flexibility index (Phi) is 13.1. The Morgan fingerprint density at radius 2 is 1.81 bits per heavy atom. The lowest BCUT2D eigenvalue weighted by atomic mass is 10.1. The molecular formula is C25H36IN3O3. The summed E-state index contributed by atoms with van der Waals surface area (Å²) in [6.07, 6.45) is 3.00. The molecule has 2 aromatic rings. The first kappa shape index (κ1) is 26.4. The van der Waals surface area contributed by atoms with Crippen LogP contribution in [0.5, 0.6) is 5.75 Å². The van der Waals surface area contributed by atoms with Crippen LogP contribution in [0.1, 0.15) is 24.0 Å². The highest BCUT2D eigenvalue weighted by molar-refractivity contribution is 14.0. The van der Waals surface area contributed by atoms with E-state index in [1.807, 2.05) is 30.3 Å². The summed E-state index contributed by atoms with van der Waals surface area (Å²) in [5.74, 6) is 2.29. The second-order valence-electron chi connectivity index (χ2n) is 7.75. The number of rotatable bonds is 12. The van der Waals surface area contributed by atoms with Crippen LogP contribution in [0.4, 0.5) is 0 Å². The third-order valence-electron chi connectivity index (χ3n) is 5.24. The zero-order valence-electron chi connectivity index (χ0n) is 18.9. The van der Waals surface area contributed by atoms with Gasteiger partial charge in [0.1, 0.15) is 12.4 Å². The van der Waals surface area contributed by atoms with Crippen LogP contribution in [0.3, 0.4) is 0 Å². The van der Waals surface area contributed by atoms with Crippen molar-refractivity contribution < 1.29 is 14.2 Å². The van der Waals surface area contributed by atoms with Crippen LogP contribution in [0.2, 0.25) is 0 Å². The van der Waals surface area contributed by atoms with Gasteiger partial charge in [0.15, 0.2) is 5.96 Å². The highest BCUT2D eigenvalue weighted by atomic mass is 127. The molecular weight excluding hydrogens is 517 g/mol. The summed E-state index contributed by atoms with van der Waals surface area (Å²) >= 11 is 0. The molecule has 0 saturated carbocycles. The van der Waals surface area contributed by atoms with Crippen LogP contribution in [0.15, 0.2) is 59.6 Å². The average molecular weight is 553 g/mol. The van der Waals surface area contributed by atoms with Gasteiger partial charge in [0.2, 0.25) is 0 Å². The van der Waals surface area contributed by atoms with Gasteiger partial charge in [0.05, 0.1) is 13.2 Å². The first-order chi connectivity index (χ1) is 15.3. The molecule has 1 aliphatic heterocycles. The molecule has 3 rings (SSSR count). The van der Waals surface area contributed by atoms with Gasteiger partial charge in [-0.15, -0.1) is 24.0 Å². The molecule has 6 nitrogen and oxygen atoms in total. The van der Waals surface area contributed by atoms with E-state index in [1.165, 1.54) is 11.1 Å². The molecule has 2 aromatic carbocycles. The first-order valence-corrected chi connectivity index (χ1v) is 11.2. The number of aliphatic imine (C=N–C) groups is 1. The van der Waals surface area contributed by atoms with Crippen molar-refractivity contribution in [1.29, 1.82) is 0 Å². The predicted molar refractivity (Wildman–Crippen MR) is 140 cm³/mol. The molecule has 176 valence electrons. The Morgan fingerprint density at radius 3 is 2.53 bits per heavy atom. The number of hydrogen-bond acceptors (Lipinski definition) is 4. The van der Waals surface area contributed by atoms with E-state index in [2.05, 4.69) is 39.9 Å². The van der Waals surface area contributed by atoms with Crippen molar-refractivity contribution in [2.45, 2.75) is 25.9 Å². The predicted octanol–water partition coefficient (Wildman–Crippen LogP) is 4.03. The van der Waals surface area contributed by atoms with E-state index in [4.69, 9.17) is 14.2 Å². The largest absolute Gasteiger partial charge is 0.489 e. The number of ether oxygens (including phenoxy) is 3. The Balaban J connectivity index is 0.00000363. The maximum Gasteiger partial charge on any atom is 0.190 e. The topological polar surface area (TPSA) is 64.1 Å². The van der Waals surface area contributed by atoms with Crippen LogP contribution in [0, 0.1) is 5.92 Å². The van der Waals surface area contributed by atoms with Gasteiger partial charge in [-0.25, -0.2) is 0 Å². The van der Waals surface area contributed by atoms with E-state index in [1.54, 1.807) is 7.05 Å². The molecule has 1 atom stereocenters. The van der Waals surface area contributed by atoms with Crippen LogP contribution < -0.4 is 15.4 Å². The molecule has 0 bridgehead atoms. The van der Waals surface area contributed by atoms with E-state index in [0.29, 0.717) is 12.5 Å². The van der Waals surface area contributed by atoms with E-state index in [-0.39, 0.29) is 24.0 Å². The molecule has 7 heteroatoms. The number of hydrogen-bond donors (Lipinski definition) is 2. The Hall–Kier alpha value is -1.84. The zero-order chi connectivity index (χ0) is 21.6. The van der Waals surface area contributed by atoms with Crippen molar-refractivity contribution in [2.24, 2.45) is 10.9 Å². The summed E-state index contributed by atoms with van der Waals surface area (Å²) in [6, 6.07) is 18.5. The van der Waals surface area contributed by atoms with E-state index >= 15 is 0 Å². The molecule has 1 aliphatic rings. The summed E-state index contributed by atoms with van der Waals surface area (Å²) < 4.78 is 16.9. The van der Waals surface area contributed by atoms with Gasteiger partial charge in [-0.1, -0.05) is 42.5 Å². The van der Waals surface area contributed by atoms with Gasteiger partial charge in [-0.05, 0) is 42.5 Å². The lowest BCUT2D eigenvalue weighted by molar-refractivity contribution is 0.0888. The van der Waals surface area contributed by atoms with Gasteiger partial charge in [0, 0.05) is 39.3 Å². The van der Waals surface area contributed by atoms with Crippen LogP contribution >= 0.6 is 24.0 Å². The zero-order valence-corrected chi connectivity index (χ0v) is 21.3. The third-order valence-corrected chi connectivity index (χ3v) is 5.24. The fraction of sp³-hybridized carbons (Fsp3) is 0.480. The molecule has 1 heterocycles. The molecule has 0 radical (unpaired) electrons. The molecule has 1 fully saturated rings. The normalized spacial score (nSPS) is 15.8. The van der Waals surface area contributed by atoms with Crippen molar-refractivity contribution in [1.82, 2.24) is 10.6 Å². The highest BCUT2D eigenvalue weighted by Gasteiger charge is 2.15. The Bertz CT molecular complexity index is 766. The summed E-state index contributed by atoms with van der Waals surface area (Å²) in [6.45, 7) is 5.55. The molecule has 0 amide bonds. The van der Waals surface area contributed by atoms with Crippen LogP contribution in [0.25, 0.3) is 0 Å². The Labute approximate surface area is 209 Å². The molecule has 0 spiro atoms. The number of halogens is 1. The second-order valence-corrected chi connectivity index (χ2v) is 7.75. The van der Waals surface area contributed by atoms with Crippen LogP contribution in [-0.4, -0.2) is 52.5 Å². The minimum absolute atomic E-state index is 0. The summed E-state index contributed by atoms with van der Waals surface area (Å²) in [7, 11) is 1.80. The minimum atomic E-state index is 0. The van der Waals surface area contributed by atoms with Gasteiger partial charge in [-0.3, -0.25) is 4.99 Å². The number of benzene rings is 2. The van der Waals surface area contributed by atoms with Crippen molar-refractivity contribution in [2.75, 3.05) is 46.6 Å². The van der Waals surface area contributed by atoms with Crippen LogP contribution in [-0.2, 0) is 22.5 Å². The molecule has 1 unspecified atom stereocenters. The number of nitrogens with zero attached hydrogens (tertiary/aromatic N) is 1. The van der Waals surface area contributed by atoms with E-state index < -0.39 is 0 Å². The fourth-order valence-corrected chi connectivity index (χ4v) is 3.38. The summed E-state index contributed by atoms with van der Waals surface area (Å²) in [4.78, 5) is 4.28. The number of nitrogens with one attached hydrogen (secondary N) is 2. The number of guanidine groups is 1. The molecule has 0 aromatic heterocycles. The standard InChI is InChI=1S/C25H35N3O3.HI/c1-26-25(27-14-5-16-29-18-23-13-17-30-19-23)28-15-12-21-8-10-24(11-9-21)31-20-22-6-3-2-4-7-22;/h2-4,6-11,23H,5,12-20H2,1H3,(H2,26,27,28);1H. The smallest absolute Gasteiger partial charge is 0.190 e. The van der Waals surface area contributed by atoms with Crippen molar-refractivity contribution in [3.63, 3.8) is 0 Å². The highest BCUT2D eigenvalue weighted by Crippen LogP contribution is 2.14. The maximum absolute atomic E-state index is 5.85. The van der Waals surface area contributed by atoms with E-state index in [9.17, 15) is 0 Å². The lowest BCUT2D eigenvalue weighted by Gasteiger charge is -2.13. The summed E-state index contributed by atoms with van der Waals surface area (Å²) in [5, 5.41) is 6.70. The van der Waals surface area contributed by atoms with Gasteiger partial charge in [0.25, 0.3) is 0 Å². The first-order valence-electron chi connectivity index (χ1n) is 11.2. The van der Waals surface area contributed by atoms with Crippen molar-refractivity contribution >= 4 is 29.9 Å². The molecule has 2 N–H and O–H groups in total. The van der Waals surface area contributed by atoms with Gasteiger partial charge >= 0.3 is 0 Å². The summed E-state index contributed by atoms with van der Waals surface area (Å²) in [5.41, 5.74) is 2.43. The average Bonchev–Trinajstić information content (AvgIpc) is 3.34. The van der Waals surface area contributed by atoms with Gasteiger partial charge < -0.3 is 24.8 Å². The van der Waals surface area contributed by atoms with E-state index in [0.717, 1.165) is 70.5 Å². The third kappa shape index (κ3) is 10.2. The monoisotopic (exact) mass is 553 g/mol. The Morgan fingerprint density at radius 1 is 1.03 bits per heavy atom. The molecule has 1 saturated heterocycles. The molecule has 0 aliphatic carbocycles. The second kappa shape index (κ2) is 15.9. The lowest BCUT2D eigenvalue weighted by Crippen LogP contribution is -2.39. The fourth-order valence-electron chi connectivity index (χ4n) is 3.38. The quantitative estimate of drug-likeness (QED) is 0.180. The SMILES string of the molecule is CN=C(NCCCOCC1CCOC1)NCCc1ccc(OCc2ccccc2)cc1.I. The minimum Gasteiger partial charge on any atom is -0.489 e.